The summed E-state index contributed by atoms with van der Waals surface area (Å²) in [5, 5.41) is 8.92. The predicted octanol–water partition coefficient (Wildman–Crippen LogP) is 1.18. The van der Waals surface area contributed by atoms with Crippen LogP contribution in [0, 0.1) is 17.5 Å². The minimum Gasteiger partial charge on any atom is -0.324 e. The average molecular weight is 534 g/mol. The summed E-state index contributed by atoms with van der Waals surface area (Å²) in [6.45, 7) is -0.890. The number of allylic oxidation sites excluding steroid dienone is 1. The van der Waals surface area contributed by atoms with Gasteiger partial charge in [-0.2, -0.15) is 10.1 Å². The van der Waals surface area contributed by atoms with Gasteiger partial charge in [-0.3, -0.25) is 9.25 Å². The highest BCUT2D eigenvalue weighted by Gasteiger charge is 2.26. The SMILES string of the molecule is CN1C=C2C=C(Nc3nc(=O)n(Cc4ncn(C)n4)c(=O)n3Cc3cc(F)c(F)cc3F)C(Cl)=CC2N1. The van der Waals surface area contributed by atoms with E-state index in [2.05, 4.69) is 25.8 Å². The summed E-state index contributed by atoms with van der Waals surface area (Å²) in [5.74, 6) is -3.87. The normalized spacial score (nSPS) is 16.9. The molecule has 0 amide bonds. The quantitative estimate of drug-likeness (QED) is 0.454. The van der Waals surface area contributed by atoms with E-state index < -0.39 is 35.4 Å². The molecule has 3 heterocycles. The lowest BCUT2D eigenvalue weighted by Crippen LogP contribution is -2.43. The fraction of sp³-hybridized carbons (Fsp3) is 0.227. The molecule has 3 aromatic rings. The molecule has 1 aliphatic carbocycles. The molecule has 11 nitrogen and oxygen atoms in total. The third-order valence-corrected chi connectivity index (χ3v) is 6.02. The Morgan fingerprint density at radius 2 is 1.84 bits per heavy atom. The van der Waals surface area contributed by atoms with Crippen LogP contribution in [0.15, 0.2) is 62.7 Å². The second kappa shape index (κ2) is 9.37. The van der Waals surface area contributed by atoms with E-state index in [-0.39, 0.29) is 35.0 Å². The molecule has 0 radical (unpaired) electrons. The van der Waals surface area contributed by atoms with Gasteiger partial charge < -0.3 is 10.3 Å². The van der Waals surface area contributed by atoms with Crippen molar-refractivity contribution in [3.05, 3.63) is 103 Å². The van der Waals surface area contributed by atoms with E-state index in [9.17, 15) is 22.8 Å². The molecule has 1 aliphatic heterocycles. The molecule has 0 saturated carbocycles. The number of anilines is 1. The molecule has 1 aromatic carbocycles. The number of aromatic nitrogens is 6. The Morgan fingerprint density at radius 3 is 2.57 bits per heavy atom. The highest BCUT2D eigenvalue weighted by Crippen LogP contribution is 2.29. The summed E-state index contributed by atoms with van der Waals surface area (Å²) < 4.78 is 44.9. The Kier molecular flexibility index (Phi) is 6.21. The molecule has 15 heteroatoms. The first-order valence-electron chi connectivity index (χ1n) is 10.9. The minimum absolute atomic E-state index is 0.159. The Morgan fingerprint density at radius 1 is 1.08 bits per heavy atom. The van der Waals surface area contributed by atoms with Crippen LogP contribution in [0.2, 0.25) is 0 Å². The van der Waals surface area contributed by atoms with Gasteiger partial charge in [-0.05, 0) is 23.8 Å². The monoisotopic (exact) mass is 533 g/mol. The number of benzene rings is 1. The van der Waals surface area contributed by atoms with Gasteiger partial charge in [-0.15, -0.1) is 0 Å². The summed E-state index contributed by atoms with van der Waals surface area (Å²) in [4.78, 5) is 34.3. The lowest BCUT2D eigenvalue weighted by atomic mass is 10.0. The van der Waals surface area contributed by atoms with E-state index in [1.165, 1.54) is 11.0 Å². The number of hydrogen-bond acceptors (Lipinski definition) is 8. The molecule has 2 aliphatic rings. The van der Waals surface area contributed by atoms with Gasteiger partial charge in [0, 0.05) is 31.9 Å². The van der Waals surface area contributed by atoms with E-state index in [4.69, 9.17) is 11.6 Å². The lowest BCUT2D eigenvalue weighted by Gasteiger charge is -2.21. The lowest BCUT2D eigenvalue weighted by molar-refractivity contribution is 0.349. The molecule has 0 saturated heterocycles. The van der Waals surface area contributed by atoms with Crippen LogP contribution in [0.1, 0.15) is 11.4 Å². The molecule has 37 heavy (non-hydrogen) atoms. The second-order valence-corrected chi connectivity index (χ2v) is 8.82. The Bertz CT molecular complexity index is 1620. The Hall–Kier alpha value is -4.17. The first kappa shape index (κ1) is 24.5. The van der Waals surface area contributed by atoms with Crippen molar-refractivity contribution in [2.24, 2.45) is 7.05 Å². The summed E-state index contributed by atoms with van der Waals surface area (Å²) in [5.41, 5.74) is 2.12. The molecule has 1 unspecified atom stereocenters. The van der Waals surface area contributed by atoms with Crippen molar-refractivity contribution in [1.82, 2.24) is 39.3 Å². The average Bonchev–Trinajstić information content (AvgIpc) is 3.40. The summed E-state index contributed by atoms with van der Waals surface area (Å²) in [6.07, 6.45) is 6.62. The highest BCUT2D eigenvalue weighted by molar-refractivity contribution is 6.32. The van der Waals surface area contributed by atoms with Gasteiger partial charge in [0.25, 0.3) is 0 Å². The van der Waals surface area contributed by atoms with Crippen LogP contribution in [-0.4, -0.2) is 47.0 Å². The van der Waals surface area contributed by atoms with Crippen LogP contribution in [0.5, 0.6) is 0 Å². The van der Waals surface area contributed by atoms with Gasteiger partial charge >= 0.3 is 11.4 Å². The molecule has 0 bridgehead atoms. The maximum atomic E-state index is 14.5. The molecule has 0 spiro atoms. The number of hydrazine groups is 1. The van der Waals surface area contributed by atoms with Gasteiger partial charge in [0.1, 0.15) is 12.1 Å². The van der Waals surface area contributed by atoms with Crippen molar-refractivity contribution in [1.29, 1.82) is 0 Å². The molecule has 2 aromatic heterocycles. The molecule has 192 valence electrons. The van der Waals surface area contributed by atoms with Gasteiger partial charge in [-0.1, -0.05) is 11.6 Å². The van der Waals surface area contributed by atoms with Crippen molar-refractivity contribution >= 4 is 17.5 Å². The van der Waals surface area contributed by atoms with E-state index >= 15 is 0 Å². The van der Waals surface area contributed by atoms with Crippen LogP contribution >= 0.6 is 11.6 Å². The molecular formula is C22H19ClF3N9O2. The first-order chi connectivity index (χ1) is 17.6. The molecule has 0 fully saturated rings. The van der Waals surface area contributed by atoms with Crippen LogP contribution in [0.3, 0.4) is 0 Å². The minimum atomic E-state index is -1.38. The first-order valence-corrected chi connectivity index (χ1v) is 11.2. The van der Waals surface area contributed by atoms with Crippen LogP contribution in [-0.2, 0) is 20.1 Å². The third kappa shape index (κ3) is 4.80. The second-order valence-electron chi connectivity index (χ2n) is 8.41. The van der Waals surface area contributed by atoms with Crippen LogP contribution < -0.4 is 22.1 Å². The van der Waals surface area contributed by atoms with Crippen molar-refractivity contribution in [2.45, 2.75) is 19.1 Å². The van der Waals surface area contributed by atoms with E-state index in [0.29, 0.717) is 17.8 Å². The van der Waals surface area contributed by atoms with Gasteiger partial charge in [0.15, 0.2) is 17.5 Å². The van der Waals surface area contributed by atoms with E-state index in [1.807, 2.05) is 6.20 Å². The Labute approximate surface area is 211 Å². The smallest absolute Gasteiger partial charge is 0.324 e. The topological polar surface area (TPSA) is 115 Å². The third-order valence-electron chi connectivity index (χ3n) is 5.69. The van der Waals surface area contributed by atoms with Gasteiger partial charge in [0.05, 0.1) is 29.9 Å². The van der Waals surface area contributed by atoms with Gasteiger partial charge in [-0.25, -0.2) is 37.7 Å². The van der Waals surface area contributed by atoms with Crippen LogP contribution in [0.25, 0.3) is 0 Å². The zero-order valence-corrected chi connectivity index (χ0v) is 20.2. The number of nitrogens with zero attached hydrogens (tertiary/aromatic N) is 7. The summed E-state index contributed by atoms with van der Waals surface area (Å²) in [6, 6.07) is 0.843. The summed E-state index contributed by atoms with van der Waals surface area (Å²) >= 11 is 6.42. The van der Waals surface area contributed by atoms with Crippen molar-refractivity contribution < 1.29 is 13.2 Å². The van der Waals surface area contributed by atoms with E-state index in [1.54, 1.807) is 31.3 Å². The Balaban J connectivity index is 1.60. The number of nitrogens with one attached hydrogen (secondary N) is 2. The van der Waals surface area contributed by atoms with Crippen LogP contribution in [0.4, 0.5) is 19.1 Å². The number of halogens is 4. The maximum Gasteiger partial charge on any atom is 0.355 e. The zero-order valence-electron chi connectivity index (χ0n) is 19.4. The van der Waals surface area contributed by atoms with Crippen molar-refractivity contribution in [3.8, 4) is 0 Å². The summed E-state index contributed by atoms with van der Waals surface area (Å²) in [7, 11) is 3.42. The number of rotatable bonds is 6. The molecule has 1 atom stereocenters. The van der Waals surface area contributed by atoms with E-state index in [0.717, 1.165) is 14.7 Å². The van der Waals surface area contributed by atoms with Gasteiger partial charge in [0.2, 0.25) is 5.95 Å². The fourth-order valence-electron chi connectivity index (χ4n) is 3.94. The predicted molar refractivity (Wildman–Crippen MR) is 127 cm³/mol. The number of aryl methyl sites for hydroxylation is 1. The maximum absolute atomic E-state index is 14.5. The molecule has 2 N–H and O–H groups in total. The standard InChI is InChI=1S/C22H19ClF3N9O2/c1-32-7-12-4-18(13(23)5-17(12)30-32)28-20-29-21(36)35(9-19-27-10-33(2)31-19)22(37)34(20)8-11-3-15(25)16(26)6-14(11)24/h3-7,10,17,30H,8-9H2,1-2H3,(H,28,29,36). The number of fused-ring (bicyclic) bond motifs is 1. The fourth-order valence-corrected chi connectivity index (χ4v) is 4.17. The molecular weight excluding hydrogens is 515 g/mol. The zero-order chi connectivity index (χ0) is 26.4. The number of hydrogen-bond donors (Lipinski definition) is 2. The largest absolute Gasteiger partial charge is 0.355 e. The van der Waals surface area contributed by atoms with Crippen molar-refractivity contribution in [2.75, 3.05) is 12.4 Å². The van der Waals surface area contributed by atoms with Crippen molar-refractivity contribution in [3.63, 3.8) is 0 Å². The highest BCUT2D eigenvalue weighted by atomic mass is 35.5. The molecule has 5 rings (SSSR count).